The molecular weight excluding hydrogens is 314 g/mol. The van der Waals surface area contributed by atoms with E-state index in [9.17, 15) is 9.90 Å². The molecule has 0 radical (unpaired) electrons. The van der Waals surface area contributed by atoms with Crippen LogP contribution in [0.4, 0.5) is 0 Å². The standard InChI is InChI=1S/C20H27N3O2/c1-14-13-15(2)23(22-14)18-8-3-16(4-9-18)5-12-20(25)21-17-6-10-19(24)11-7-17/h3-4,8-9,13,17,19,24H,5-7,10-12H2,1-2H3,(H,21,25). The van der Waals surface area contributed by atoms with Crippen molar-refractivity contribution < 1.29 is 9.90 Å². The molecule has 1 amide bonds. The molecule has 0 bridgehead atoms. The van der Waals surface area contributed by atoms with E-state index < -0.39 is 0 Å². The third-order valence-electron chi connectivity index (χ3n) is 4.89. The zero-order valence-electron chi connectivity index (χ0n) is 15.0. The molecule has 0 spiro atoms. The molecule has 1 aliphatic carbocycles. The number of aromatic nitrogens is 2. The molecule has 0 aliphatic heterocycles. The van der Waals surface area contributed by atoms with Gasteiger partial charge in [-0.2, -0.15) is 5.10 Å². The normalized spacial score (nSPS) is 20.4. The molecule has 1 aliphatic rings. The predicted molar refractivity (Wildman–Crippen MR) is 97.8 cm³/mol. The maximum atomic E-state index is 12.1. The number of nitrogens with one attached hydrogen (secondary N) is 1. The van der Waals surface area contributed by atoms with E-state index in [1.54, 1.807) is 0 Å². The van der Waals surface area contributed by atoms with Crippen LogP contribution in [0.5, 0.6) is 0 Å². The summed E-state index contributed by atoms with van der Waals surface area (Å²) in [6.45, 7) is 4.03. The van der Waals surface area contributed by atoms with Crippen molar-refractivity contribution in [1.82, 2.24) is 15.1 Å². The van der Waals surface area contributed by atoms with Gasteiger partial charge in [-0.3, -0.25) is 4.79 Å². The van der Waals surface area contributed by atoms with Crippen molar-refractivity contribution in [3.05, 3.63) is 47.3 Å². The van der Waals surface area contributed by atoms with Crippen LogP contribution in [0.2, 0.25) is 0 Å². The number of carbonyl (C=O) groups is 1. The second-order valence-electron chi connectivity index (χ2n) is 7.08. The van der Waals surface area contributed by atoms with E-state index in [2.05, 4.69) is 40.7 Å². The van der Waals surface area contributed by atoms with Gasteiger partial charge in [-0.05, 0) is 69.7 Å². The molecule has 0 saturated heterocycles. The number of nitrogens with zero attached hydrogens (tertiary/aromatic N) is 2. The van der Waals surface area contributed by atoms with Gasteiger partial charge < -0.3 is 10.4 Å². The number of aliphatic hydroxyl groups is 1. The van der Waals surface area contributed by atoms with Crippen LogP contribution in [0.25, 0.3) is 5.69 Å². The number of aliphatic hydroxyl groups excluding tert-OH is 1. The van der Waals surface area contributed by atoms with Crippen molar-refractivity contribution in [1.29, 1.82) is 0 Å². The van der Waals surface area contributed by atoms with Gasteiger partial charge in [0.15, 0.2) is 0 Å². The lowest BCUT2D eigenvalue weighted by Gasteiger charge is -2.26. The van der Waals surface area contributed by atoms with Crippen LogP contribution in [0.15, 0.2) is 30.3 Å². The summed E-state index contributed by atoms with van der Waals surface area (Å²) in [5.41, 5.74) is 4.31. The smallest absolute Gasteiger partial charge is 0.220 e. The first kappa shape index (κ1) is 17.7. The highest BCUT2D eigenvalue weighted by Crippen LogP contribution is 2.18. The molecular formula is C20H27N3O2. The number of amides is 1. The predicted octanol–water partition coefficient (Wildman–Crippen LogP) is 2.84. The van der Waals surface area contributed by atoms with Crippen molar-refractivity contribution >= 4 is 5.91 Å². The summed E-state index contributed by atoms with van der Waals surface area (Å²) in [6.07, 6.45) is 4.39. The van der Waals surface area contributed by atoms with Crippen molar-refractivity contribution in [3.8, 4) is 5.69 Å². The number of aryl methyl sites for hydroxylation is 3. The van der Waals surface area contributed by atoms with Crippen LogP contribution in [0.1, 0.15) is 49.1 Å². The lowest BCUT2D eigenvalue weighted by Crippen LogP contribution is -2.38. The van der Waals surface area contributed by atoms with E-state index in [0.29, 0.717) is 6.42 Å². The Hall–Kier alpha value is -2.14. The van der Waals surface area contributed by atoms with Gasteiger partial charge in [-0.15, -0.1) is 0 Å². The molecule has 2 N–H and O–H groups in total. The fourth-order valence-corrected chi connectivity index (χ4v) is 3.47. The summed E-state index contributed by atoms with van der Waals surface area (Å²) in [7, 11) is 0. The molecule has 1 aromatic carbocycles. The van der Waals surface area contributed by atoms with Gasteiger partial charge in [0.05, 0.1) is 17.5 Å². The first-order valence-corrected chi connectivity index (χ1v) is 9.11. The highest BCUT2D eigenvalue weighted by molar-refractivity contribution is 5.76. The van der Waals surface area contributed by atoms with Gasteiger partial charge in [0.1, 0.15) is 0 Å². The number of carbonyl (C=O) groups excluding carboxylic acids is 1. The SMILES string of the molecule is Cc1cc(C)n(-c2ccc(CCC(=O)NC3CCC(O)CC3)cc2)n1. The Labute approximate surface area is 149 Å². The van der Waals surface area contributed by atoms with Crippen molar-refractivity contribution in [2.24, 2.45) is 0 Å². The number of benzene rings is 1. The largest absolute Gasteiger partial charge is 0.393 e. The summed E-state index contributed by atoms with van der Waals surface area (Å²) in [4.78, 5) is 12.1. The zero-order valence-corrected chi connectivity index (χ0v) is 15.0. The summed E-state index contributed by atoms with van der Waals surface area (Å²) < 4.78 is 1.93. The minimum atomic E-state index is -0.186. The zero-order chi connectivity index (χ0) is 17.8. The van der Waals surface area contributed by atoms with Crippen molar-refractivity contribution in [2.75, 3.05) is 0 Å². The first-order valence-electron chi connectivity index (χ1n) is 9.11. The third kappa shape index (κ3) is 4.69. The number of hydrogen-bond acceptors (Lipinski definition) is 3. The molecule has 134 valence electrons. The highest BCUT2D eigenvalue weighted by atomic mass is 16.3. The lowest BCUT2D eigenvalue weighted by molar-refractivity contribution is -0.122. The maximum absolute atomic E-state index is 12.1. The monoisotopic (exact) mass is 341 g/mol. The van der Waals surface area contributed by atoms with Crippen LogP contribution >= 0.6 is 0 Å². The Morgan fingerprint density at radius 1 is 1.20 bits per heavy atom. The van der Waals surface area contributed by atoms with E-state index in [0.717, 1.165) is 54.7 Å². The summed E-state index contributed by atoms with van der Waals surface area (Å²) >= 11 is 0. The Morgan fingerprint density at radius 3 is 2.48 bits per heavy atom. The van der Waals surface area contributed by atoms with Crippen LogP contribution in [-0.2, 0) is 11.2 Å². The molecule has 1 heterocycles. The molecule has 3 rings (SSSR count). The third-order valence-corrected chi connectivity index (χ3v) is 4.89. The van der Waals surface area contributed by atoms with Gasteiger partial charge in [0.2, 0.25) is 5.91 Å². The van der Waals surface area contributed by atoms with E-state index in [1.165, 1.54) is 0 Å². The average Bonchev–Trinajstić information content (AvgIpc) is 2.94. The maximum Gasteiger partial charge on any atom is 0.220 e. The minimum Gasteiger partial charge on any atom is -0.393 e. The van der Waals surface area contributed by atoms with E-state index in [-0.39, 0.29) is 18.1 Å². The fourth-order valence-electron chi connectivity index (χ4n) is 3.47. The van der Waals surface area contributed by atoms with Crippen molar-refractivity contribution in [2.45, 2.75) is 64.5 Å². The van der Waals surface area contributed by atoms with E-state index in [1.807, 2.05) is 18.5 Å². The lowest BCUT2D eigenvalue weighted by atomic mass is 9.93. The Kier molecular flexibility index (Phi) is 5.53. The molecule has 25 heavy (non-hydrogen) atoms. The Morgan fingerprint density at radius 2 is 1.88 bits per heavy atom. The van der Waals surface area contributed by atoms with Crippen LogP contribution in [-0.4, -0.2) is 32.9 Å². The van der Waals surface area contributed by atoms with Crippen LogP contribution < -0.4 is 5.32 Å². The molecule has 5 nitrogen and oxygen atoms in total. The van der Waals surface area contributed by atoms with Crippen LogP contribution in [0.3, 0.4) is 0 Å². The molecule has 5 heteroatoms. The second kappa shape index (κ2) is 7.83. The van der Waals surface area contributed by atoms with Gasteiger partial charge in [-0.25, -0.2) is 4.68 Å². The van der Waals surface area contributed by atoms with Gasteiger partial charge in [0.25, 0.3) is 0 Å². The van der Waals surface area contributed by atoms with Crippen molar-refractivity contribution in [3.63, 3.8) is 0 Å². The van der Waals surface area contributed by atoms with Gasteiger partial charge in [0, 0.05) is 18.2 Å². The second-order valence-corrected chi connectivity index (χ2v) is 7.08. The highest BCUT2D eigenvalue weighted by Gasteiger charge is 2.20. The first-order chi connectivity index (χ1) is 12.0. The quantitative estimate of drug-likeness (QED) is 0.879. The van der Waals surface area contributed by atoms with Gasteiger partial charge in [-0.1, -0.05) is 12.1 Å². The Bertz CT molecular complexity index is 713. The molecule has 1 fully saturated rings. The summed E-state index contributed by atoms with van der Waals surface area (Å²) in [5, 5.41) is 17.1. The Balaban J connectivity index is 1.50. The summed E-state index contributed by atoms with van der Waals surface area (Å²) in [5.74, 6) is 0.101. The topological polar surface area (TPSA) is 67.2 Å². The van der Waals surface area contributed by atoms with Crippen LogP contribution in [0, 0.1) is 13.8 Å². The van der Waals surface area contributed by atoms with Gasteiger partial charge >= 0.3 is 0 Å². The molecule has 0 unspecified atom stereocenters. The van der Waals surface area contributed by atoms with E-state index >= 15 is 0 Å². The minimum absolute atomic E-state index is 0.101. The molecule has 1 saturated carbocycles. The fraction of sp³-hybridized carbons (Fsp3) is 0.500. The number of hydrogen-bond donors (Lipinski definition) is 2. The molecule has 2 aromatic rings. The summed E-state index contributed by atoms with van der Waals surface area (Å²) in [6, 6.07) is 10.5. The molecule has 0 atom stereocenters. The average molecular weight is 341 g/mol. The molecule has 1 aromatic heterocycles. The number of rotatable bonds is 5. The van der Waals surface area contributed by atoms with E-state index in [4.69, 9.17) is 0 Å².